The van der Waals surface area contributed by atoms with Gasteiger partial charge in [0.05, 0.1) is 0 Å². The molecule has 0 aliphatic carbocycles. The Kier molecular flexibility index (Phi) is 3.48. The number of aromatic hydroxyl groups is 2. The first-order valence-corrected chi connectivity index (χ1v) is 5.40. The fraction of sp³-hybridized carbons (Fsp3) is 0.0714. The van der Waals surface area contributed by atoms with Crippen LogP contribution in [0.25, 0.3) is 0 Å². The minimum atomic E-state index is -0.628. The van der Waals surface area contributed by atoms with Gasteiger partial charge < -0.3 is 14.9 Å². The summed E-state index contributed by atoms with van der Waals surface area (Å²) in [6.07, 6.45) is 0. The molecule has 0 bridgehead atoms. The van der Waals surface area contributed by atoms with Gasteiger partial charge in [-0.15, -0.1) is 0 Å². The molecule has 4 heteroatoms. The first-order chi connectivity index (χ1) is 8.66. The molecule has 0 spiro atoms. The summed E-state index contributed by atoms with van der Waals surface area (Å²) in [4.78, 5) is 11.7. The van der Waals surface area contributed by atoms with E-state index in [2.05, 4.69) is 0 Å². The molecule has 2 aromatic carbocycles. The zero-order valence-corrected chi connectivity index (χ0v) is 9.54. The monoisotopic (exact) mass is 244 g/mol. The molecular weight excluding hydrogens is 232 g/mol. The average Bonchev–Trinajstić information content (AvgIpc) is 2.37. The molecule has 0 aromatic heterocycles. The Labute approximate surface area is 104 Å². The van der Waals surface area contributed by atoms with Crippen molar-refractivity contribution >= 4 is 5.97 Å². The van der Waals surface area contributed by atoms with Crippen LogP contribution in [-0.4, -0.2) is 16.2 Å². The van der Waals surface area contributed by atoms with E-state index in [4.69, 9.17) is 9.84 Å². The summed E-state index contributed by atoms with van der Waals surface area (Å²) < 4.78 is 5.05. The maximum atomic E-state index is 11.7. The first kappa shape index (κ1) is 12.0. The number of phenols is 2. The number of carbonyl (C=O) groups excluding carboxylic acids is 1. The van der Waals surface area contributed by atoms with Crippen LogP contribution in [-0.2, 0) is 11.3 Å². The minimum absolute atomic E-state index is 0.0312. The molecule has 0 saturated heterocycles. The zero-order valence-electron chi connectivity index (χ0n) is 9.54. The molecule has 18 heavy (non-hydrogen) atoms. The van der Waals surface area contributed by atoms with Gasteiger partial charge in [0.25, 0.3) is 0 Å². The molecule has 92 valence electrons. The van der Waals surface area contributed by atoms with E-state index >= 15 is 0 Å². The highest BCUT2D eigenvalue weighted by atomic mass is 16.5. The Hall–Kier alpha value is -2.49. The molecule has 0 saturated carbocycles. The van der Waals surface area contributed by atoms with Crippen LogP contribution >= 0.6 is 0 Å². The third kappa shape index (κ3) is 2.79. The van der Waals surface area contributed by atoms with Crippen molar-refractivity contribution in [2.45, 2.75) is 6.61 Å². The minimum Gasteiger partial charge on any atom is -0.508 e. The third-order valence-corrected chi connectivity index (χ3v) is 2.41. The van der Waals surface area contributed by atoms with Crippen LogP contribution in [0, 0.1) is 0 Å². The molecular formula is C14H12O4. The molecule has 0 heterocycles. The largest absolute Gasteiger partial charge is 0.508 e. The van der Waals surface area contributed by atoms with Crippen molar-refractivity contribution in [1.29, 1.82) is 0 Å². The van der Waals surface area contributed by atoms with Crippen molar-refractivity contribution in [3.05, 3.63) is 59.7 Å². The van der Waals surface area contributed by atoms with E-state index in [1.54, 1.807) is 0 Å². The van der Waals surface area contributed by atoms with Crippen molar-refractivity contribution in [1.82, 2.24) is 0 Å². The lowest BCUT2D eigenvalue weighted by atomic mass is 10.2. The van der Waals surface area contributed by atoms with Crippen LogP contribution in [0.3, 0.4) is 0 Å². The van der Waals surface area contributed by atoms with Crippen molar-refractivity contribution in [3.63, 3.8) is 0 Å². The fourth-order valence-corrected chi connectivity index (χ4v) is 1.49. The number of phenolic OH excluding ortho intramolecular Hbond substituents is 2. The molecule has 0 amide bonds. The lowest BCUT2D eigenvalue weighted by Crippen LogP contribution is -2.05. The zero-order chi connectivity index (χ0) is 13.0. The van der Waals surface area contributed by atoms with Gasteiger partial charge in [0.15, 0.2) is 0 Å². The van der Waals surface area contributed by atoms with Crippen LogP contribution in [0.5, 0.6) is 11.5 Å². The number of ether oxygens (including phenoxy) is 1. The summed E-state index contributed by atoms with van der Waals surface area (Å²) in [6.45, 7) is 0.139. The molecule has 2 rings (SSSR count). The van der Waals surface area contributed by atoms with E-state index in [0.717, 1.165) is 11.6 Å². The summed E-state index contributed by atoms with van der Waals surface area (Å²) >= 11 is 0. The molecule has 0 fully saturated rings. The van der Waals surface area contributed by atoms with Crippen LogP contribution in [0.2, 0.25) is 0 Å². The van der Waals surface area contributed by atoms with E-state index < -0.39 is 5.97 Å². The quantitative estimate of drug-likeness (QED) is 0.814. The number of rotatable bonds is 3. The average molecular weight is 244 g/mol. The molecule has 4 nitrogen and oxygen atoms in total. The summed E-state index contributed by atoms with van der Waals surface area (Å²) in [7, 11) is 0. The van der Waals surface area contributed by atoms with Gasteiger partial charge in [-0.25, -0.2) is 4.79 Å². The van der Waals surface area contributed by atoms with Gasteiger partial charge in [-0.05, 0) is 17.7 Å². The van der Waals surface area contributed by atoms with E-state index in [1.165, 1.54) is 12.1 Å². The summed E-state index contributed by atoms with van der Waals surface area (Å²) in [6, 6.07) is 13.0. The standard InChI is InChI=1S/C14H12O4/c15-11-6-7-12(13(16)8-11)14(17)18-9-10-4-2-1-3-5-10/h1-8,15-16H,9H2. The van der Waals surface area contributed by atoms with Crippen LogP contribution < -0.4 is 0 Å². The van der Waals surface area contributed by atoms with Gasteiger partial charge in [0.2, 0.25) is 0 Å². The highest BCUT2D eigenvalue weighted by Gasteiger charge is 2.13. The second-order valence-corrected chi connectivity index (χ2v) is 3.76. The molecule has 0 radical (unpaired) electrons. The maximum Gasteiger partial charge on any atom is 0.342 e. The smallest absolute Gasteiger partial charge is 0.342 e. The highest BCUT2D eigenvalue weighted by molar-refractivity contribution is 5.92. The molecule has 0 aliphatic rings. The van der Waals surface area contributed by atoms with Gasteiger partial charge >= 0.3 is 5.97 Å². The Morgan fingerprint density at radius 1 is 1.06 bits per heavy atom. The van der Waals surface area contributed by atoms with E-state index in [-0.39, 0.29) is 23.7 Å². The van der Waals surface area contributed by atoms with Crippen LogP contribution in [0.1, 0.15) is 15.9 Å². The van der Waals surface area contributed by atoms with E-state index in [0.29, 0.717) is 0 Å². The summed E-state index contributed by atoms with van der Waals surface area (Å²) in [5, 5.41) is 18.6. The van der Waals surface area contributed by atoms with Crippen molar-refractivity contribution in [2.75, 3.05) is 0 Å². The molecule has 0 aliphatic heterocycles. The molecule has 2 aromatic rings. The Bertz CT molecular complexity index is 549. The second-order valence-electron chi connectivity index (χ2n) is 3.76. The maximum absolute atomic E-state index is 11.7. The van der Waals surface area contributed by atoms with Gasteiger partial charge in [-0.3, -0.25) is 0 Å². The normalized spacial score (nSPS) is 10.0. The van der Waals surface area contributed by atoms with Gasteiger partial charge in [-0.2, -0.15) is 0 Å². The molecule has 0 atom stereocenters. The predicted molar refractivity (Wildman–Crippen MR) is 65.3 cm³/mol. The fourth-order valence-electron chi connectivity index (χ4n) is 1.49. The van der Waals surface area contributed by atoms with Crippen LogP contribution in [0.15, 0.2) is 48.5 Å². The topological polar surface area (TPSA) is 66.8 Å². The van der Waals surface area contributed by atoms with Crippen molar-refractivity contribution in [2.24, 2.45) is 0 Å². The lowest BCUT2D eigenvalue weighted by molar-refractivity contribution is 0.0469. The van der Waals surface area contributed by atoms with Gasteiger partial charge in [-0.1, -0.05) is 30.3 Å². The van der Waals surface area contributed by atoms with Gasteiger partial charge in [0, 0.05) is 6.07 Å². The highest BCUT2D eigenvalue weighted by Crippen LogP contribution is 2.23. The van der Waals surface area contributed by atoms with Crippen molar-refractivity contribution < 1.29 is 19.7 Å². The molecule has 0 unspecified atom stereocenters. The first-order valence-electron chi connectivity index (χ1n) is 5.40. The summed E-state index contributed by atoms with van der Waals surface area (Å²) in [5.41, 5.74) is 0.896. The van der Waals surface area contributed by atoms with E-state index in [1.807, 2.05) is 30.3 Å². The Balaban J connectivity index is 2.04. The van der Waals surface area contributed by atoms with Crippen molar-refractivity contribution in [3.8, 4) is 11.5 Å². The number of carbonyl (C=O) groups is 1. The predicted octanol–water partition coefficient (Wildman–Crippen LogP) is 2.45. The van der Waals surface area contributed by atoms with E-state index in [9.17, 15) is 9.90 Å². The number of hydrogen-bond acceptors (Lipinski definition) is 4. The second kappa shape index (κ2) is 5.23. The Morgan fingerprint density at radius 3 is 2.44 bits per heavy atom. The Morgan fingerprint density at radius 2 is 1.78 bits per heavy atom. The van der Waals surface area contributed by atoms with Gasteiger partial charge in [0.1, 0.15) is 23.7 Å². The third-order valence-electron chi connectivity index (χ3n) is 2.41. The SMILES string of the molecule is O=C(OCc1ccccc1)c1ccc(O)cc1O. The summed E-state index contributed by atoms with van der Waals surface area (Å²) in [5.74, 6) is -1.03. The lowest BCUT2D eigenvalue weighted by Gasteiger charge is -2.06. The number of esters is 1. The molecule has 2 N–H and O–H groups in total. The number of hydrogen-bond donors (Lipinski definition) is 2. The number of benzene rings is 2. The van der Waals surface area contributed by atoms with Crippen LogP contribution in [0.4, 0.5) is 0 Å².